The second-order valence-corrected chi connectivity index (χ2v) is 12.8. The number of aromatic nitrogens is 3. The van der Waals surface area contributed by atoms with Gasteiger partial charge in [-0.2, -0.15) is 0 Å². The number of hydrogen-bond acceptors (Lipinski definition) is 3. The van der Waals surface area contributed by atoms with Gasteiger partial charge in [0.15, 0.2) is 17.5 Å². The van der Waals surface area contributed by atoms with Crippen LogP contribution >= 0.6 is 0 Å². The molecule has 1 aromatic heterocycles. The Balaban J connectivity index is 1.35. The summed E-state index contributed by atoms with van der Waals surface area (Å²) in [7, 11) is 0. The molecule has 0 amide bonds. The van der Waals surface area contributed by atoms with Crippen molar-refractivity contribution in [3.63, 3.8) is 0 Å². The summed E-state index contributed by atoms with van der Waals surface area (Å²) >= 11 is 0. The van der Waals surface area contributed by atoms with Crippen molar-refractivity contribution in [2.24, 2.45) is 0 Å². The van der Waals surface area contributed by atoms with E-state index >= 15 is 0 Å². The Bertz CT molecular complexity index is 2180. The van der Waals surface area contributed by atoms with Crippen LogP contribution in [-0.2, 0) is 10.8 Å². The predicted molar refractivity (Wildman–Crippen MR) is 186 cm³/mol. The van der Waals surface area contributed by atoms with E-state index < -0.39 is 5.41 Å². The Labute approximate surface area is 269 Å². The Hall–Kier alpha value is -5.67. The first-order valence-corrected chi connectivity index (χ1v) is 15.9. The number of fused-ring (bicyclic) bond motifs is 9. The average molecular weight is 590 g/mol. The largest absolute Gasteiger partial charge is 0.208 e. The van der Waals surface area contributed by atoms with Gasteiger partial charge in [0.05, 0.1) is 5.41 Å². The van der Waals surface area contributed by atoms with Crippen molar-refractivity contribution in [2.75, 3.05) is 0 Å². The van der Waals surface area contributed by atoms with Crippen molar-refractivity contribution in [1.82, 2.24) is 15.0 Å². The van der Waals surface area contributed by atoms with Crippen LogP contribution in [0.15, 0.2) is 152 Å². The number of nitrogens with zero attached hydrogens (tertiary/aromatic N) is 3. The van der Waals surface area contributed by atoms with E-state index in [0.717, 1.165) is 16.7 Å². The summed E-state index contributed by atoms with van der Waals surface area (Å²) in [6.45, 7) is 4.72. The van der Waals surface area contributed by atoms with Crippen molar-refractivity contribution in [3.8, 4) is 45.3 Å². The lowest BCUT2D eigenvalue weighted by Crippen LogP contribution is -2.40. The van der Waals surface area contributed by atoms with E-state index in [-0.39, 0.29) is 5.41 Å². The van der Waals surface area contributed by atoms with Gasteiger partial charge in [0.25, 0.3) is 0 Å². The fraction of sp³-hybridized carbons (Fsp3) is 0.0930. The van der Waals surface area contributed by atoms with Gasteiger partial charge in [0.1, 0.15) is 0 Å². The van der Waals surface area contributed by atoms with Crippen molar-refractivity contribution in [3.05, 3.63) is 185 Å². The fourth-order valence-corrected chi connectivity index (χ4v) is 7.94. The predicted octanol–water partition coefficient (Wildman–Crippen LogP) is 9.87. The van der Waals surface area contributed by atoms with E-state index in [2.05, 4.69) is 129 Å². The number of benzene rings is 6. The molecule has 218 valence electrons. The standard InChI is InChI=1S/C43H31N3/c1-42(2)34-21-11-13-23-36(34)43(37-24-14-12-22-35(37)42)33-20-10-9-19-31(33)32-26-25-30(27-38(32)43)41-45-39(28-15-5-3-6-16-28)44-40(46-41)29-17-7-4-8-18-29/h3-27H,1-2H3. The van der Waals surface area contributed by atoms with Crippen LogP contribution in [0.4, 0.5) is 0 Å². The maximum atomic E-state index is 5.10. The second kappa shape index (κ2) is 9.92. The van der Waals surface area contributed by atoms with Crippen LogP contribution in [0.25, 0.3) is 45.3 Å². The molecule has 0 fully saturated rings. The van der Waals surface area contributed by atoms with Crippen LogP contribution in [-0.4, -0.2) is 15.0 Å². The quantitative estimate of drug-likeness (QED) is 0.206. The van der Waals surface area contributed by atoms with Gasteiger partial charge in [0.2, 0.25) is 0 Å². The molecule has 6 aromatic carbocycles. The monoisotopic (exact) mass is 589 g/mol. The molecule has 9 rings (SSSR count). The summed E-state index contributed by atoms with van der Waals surface area (Å²) in [5.41, 5.74) is 12.8. The van der Waals surface area contributed by atoms with Gasteiger partial charge in [-0.05, 0) is 50.6 Å². The second-order valence-electron chi connectivity index (χ2n) is 12.8. The van der Waals surface area contributed by atoms with Crippen LogP contribution in [0.5, 0.6) is 0 Å². The van der Waals surface area contributed by atoms with E-state index in [4.69, 9.17) is 15.0 Å². The summed E-state index contributed by atoms with van der Waals surface area (Å²) in [6, 6.07) is 54.2. The zero-order chi connectivity index (χ0) is 30.9. The zero-order valence-electron chi connectivity index (χ0n) is 25.8. The van der Waals surface area contributed by atoms with Gasteiger partial charge < -0.3 is 0 Å². The number of hydrogen-bond donors (Lipinski definition) is 0. The summed E-state index contributed by atoms with van der Waals surface area (Å²) in [4.78, 5) is 15.1. The molecule has 7 aromatic rings. The molecule has 3 heteroatoms. The van der Waals surface area contributed by atoms with Gasteiger partial charge in [-0.15, -0.1) is 0 Å². The third-order valence-corrected chi connectivity index (χ3v) is 10.0. The lowest BCUT2D eigenvalue weighted by molar-refractivity contribution is 0.563. The van der Waals surface area contributed by atoms with Crippen LogP contribution in [0.1, 0.15) is 47.2 Å². The third kappa shape index (κ3) is 3.69. The topological polar surface area (TPSA) is 38.7 Å². The molecule has 0 aliphatic heterocycles. The summed E-state index contributed by atoms with van der Waals surface area (Å²) in [5, 5.41) is 0. The molecular formula is C43H31N3. The third-order valence-electron chi connectivity index (χ3n) is 10.0. The Morgan fingerprint density at radius 2 is 0.761 bits per heavy atom. The Morgan fingerprint density at radius 3 is 1.30 bits per heavy atom. The molecule has 0 saturated carbocycles. The van der Waals surface area contributed by atoms with Gasteiger partial charge in [-0.1, -0.05) is 159 Å². The smallest absolute Gasteiger partial charge is 0.164 e. The first-order valence-electron chi connectivity index (χ1n) is 15.9. The molecule has 2 aliphatic carbocycles. The highest BCUT2D eigenvalue weighted by atomic mass is 15.0. The van der Waals surface area contributed by atoms with Crippen LogP contribution in [0.3, 0.4) is 0 Å². The molecule has 0 N–H and O–H groups in total. The molecule has 0 bridgehead atoms. The number of rotatable bonds is 3. The highest BCUT2D eigenvalue weighted by Gasteiger charge is 2.53. The molecule has 46 heavy (non-hydrogen) atoms. The first-order chi connectivity index (χ1) is 22.6. The molecule has 0 saturated heterocycles. The molecular weight excluding hydrogens is 558 g/mol. The van der Waals surface area contributed by atoms with Crippen LogP contribution < -0.4 is 0 Å². The van der Waals surface area contributed by atoms with Gasteiger partial charge in [-0.3, -0.25) is 0 Å². The maximum absolute atomic E-state index is 5.10. The highest BCUT2D eigenvalue weighted by Crippen LogP contribution is 2.62. The molecule has 0 atom stereocenters. The van der Waals surface area contributed by atoms with Gasteiger partial charge in [-0.25, -0.2) is 15.0 Å². The van der Waals surface area contributed by atoms with Crippen molar-refractivity contribution < 1.29 is 0 Å². The van der Waals surface area contributed by atoms with Crippen molar-refractivity contribution >= 4 is 0 Å². The fourth-order valence-electron chi connectivity index (χ4n) is 7.94. The molecule has 1 heterocycles. The lowest BCUT2D eigenvalue weighted by atomic mass is 9.55. The minimum atomic E-state index is -0.470. The Kier molecular flexibility index (Phi) is 5.76. The van der Waals surface area contributed by atoms with E-state index in [1.807, 2.05) is 36.4 Å². The summed E-state index contributed by atoms with van der Waals surface area (Å²) in [6.07, 6.45) is 0. The molecule has 1 spiro atoms. The van der Waals surface area contributed by atoms with Crippen LogP contribution in [0.2, 0.25) is 0 Å². The van der Waals surface area contributed by atoms with Gasteiger partial charge >= 0.3 is 0 Å². The van der Waals surface area contributed by atoms with Crippen molar-refractivity contribution in [2.45, 2.75) is 24.7 Å². The van der Waals surface area contributed by atoms with E-state index in [9.17, 15) is 0 Å². The molecule has 2 aliphatic rings. The van der Waals surface area contributed by atoms with Crippen LogP contribution in [0, 0.1) is 0 Å². The SMILES string of the molecule is CC1(C)c2ccccc2C2(c3ccccc3-c3ccc(-c4nc(-c5ccccc5)nc(-c5ccccc5)n4)cc32)c2ccccc21. The highest BCUT2D eigenvalue weighted by molar-refractivity contribution is 5.90. The molecule has 3 nitrogen and oxygen atoms in total. The molecule has 0 unspecified atom stereocenters. The Morgan fingerprint density at radius 1 is 0.348 bits per heavy atom. The minimum absolute atomic E-state index is 0.142. The minimum Gasteiger partial charge on any atom is -0.208 e. The average Bonchev–Trinajstić information content (AvgIpc) is 3.42. The van der Waals surface area contributed by atoms with Crippen molar-refractivity contribution in [1.29, 1.82) is 0 Å². The van der Waals surface area contributed by atoms with Gasteiger partial charge in [0, 0.05) is 22.1 Å². The van der Waals surface area contributed by atoms with E-state index in [1.54, 1.807) is 0 Å². The summed E-state index contributed by atoms with van der Waals surface area (Å²) < 4.78 is 0. The first kappa shape index (κ1) is 26.7. The summed E-state index contributed by atoms with van der Waals surface area (Å²) in [5.74, 6) is 2.00. The normalized spacial score (nSPS) is 14.7. The lowest BCUT2D eigenvalue weighted by Gasteiger charge is -2.46. The van der Waals surface area contributed by atoms with E-state index in [1.165, 1.54) is 44.5 Å². The molecule has 0 radical (unpaired) electrons. The zero-order valence-corrected chi connectivity index (χ0v) is 25.8. The maximum Gasteiger partial charge on any atom is 0.164 e. The van der Waals surface area contributed by atoms with E-state index in [0.29, 0.717) is 17.5 Å².